The van der Waals surface area contributed by atoms with Gasteiger partial charge in [-0.3, -0.25) is 0 Å². The predicted molar refractivity (Wildman–Crippen MR) is 77.1 cm³/mol. The third-order valence-corrected chi connectivity index (χ3v) is 5.11. The predicted octanol–water partition coefficient (Wildman–Crippen LogP) is 4.11. The highest BCUT2D eigenvalue weighted by molar-refractivity contribution is 8.41. The Labute approximate surface area is 108 Å². The second-order valence-corrected chi connectivity index (χ2v) is 5.70. The molecule has 0 N–H and O–H groups in total. The van der Waals surface area contributed by atoms with Crippen molar-refractivity contribution in [2.45, 2.75) is 0 Å². The van der Waals surface area contributed by atoms with Crippen LogP contribution in [0.1, 0.15) is 5.56 Å². The number of hydrogen-bond acceptors (Lipinski definition) is 5. The fourth-order valence-corrected chi connectivity index (χ4v) is 3.49. The Balaban J connectivity index is 2.11. The Kier molecular flexibility index (Phi) is 4.26. The van der Waals surface area contributed by atoms with Crippen LogP contribution in [0.3, 0.4) is 0 Å². The van der Waals surface area contributed by atoms with Gasteiger partial charge in [-0.1, -0.05) is 23.9 Å². The lowest BCUT2D eigenvalue weighted by Gasteiger charge is -2.10. The molecule has 1 aliphatic heterocycles. The molecule has 2 rings (SSSR count). The summed E-state index contributed by atoms with van der Waals surface area (Å²) in [6.45, 7) is 0. The summed E-state index contributed by atoms with van der Waals surface area (Å²) in [6, 6.07) is 8.04. The van der Waals surface area contributed by atoms with Crippen LogP contribution in [0, 0.1) is 0 Å². The van der Waals surface area contributed by atoms with Gasteiger partial charge < -0.3 is 4.74 Å². The number of benzene rings is 1. The molecule has 5 heteroatoms. The maximum atomic E-state index is 5.13. The van der Waals surface area contributed by atoms with E-state index in [1.807, 2.05) is 18.4 Å². The van der Waals surface area contributed by atoms with Crippen molar-refractivity contribution in [3.8, 4) is 5.75 Å². The molecule has 0 spiro atoms. The van der Waals surface area contributed by atoms with E-state index in [0.29, 0.717) is 0 Å². The normalized spacial score (nSPS) is 15.4. The van der Waals surface area contributed by atoms with Gasteiger partial charge in [0.25, 0.3) is 0 Å². The van der Waals surface area contributed by atoms with Crippen LogP contribution in [-0.2, 0) is 0 Å². The van der Waals surface area contributed by atoms with E-state index >= 15 is 0 Å². The van der Waals surface area contributed by atoms with Crippen molar-refractivity contribution in [2.75, 3.05) is 13.4 Å². The average Bonchev–Trinajstić information content (AvgIpc) is 2.39. The molecule has 0 fully saturated rings. The van der Waals surface area contributed by atoms with Crippen molar-refractivity contribution >= 4 is 44.8 Å². The first kappa shape index (κ1) is 12.0. The van der Waals surface area contributed by atoms with Gasteiger partial charge in [0.05, 0.1) is 7.11 Å². The molecule has 0 saturated carbocycles. The quantitative estimate of drug-likeness (QED) is 0.753. The van der Waals surface area contributed by atoms with Crippen molar-refractivity contribution in [3.05, 3.63) is 35.2 Å². The molecule has 1 aliphatic rings. The van der Waals surface area contributed by atoms with Gasteiger partial charge >= 0.3 is 0 Å². The van der Waals surface area contributed by atoms with Crippen molar-refractivity contribution < 1.29 is 4.74 Å². The SMILES string of the molecule is COc1ccc(C2=CSC(SC)=NS2)cc1. The highest BCUT2D eigenvalue weighted by atomic mass is 32.2. The van der Waals surface area contributed by atoms with Crippen molar-refractivity contribution in [3.63, 3.8) is 0 Å². The lowest BCUT2D eigenvalue weighted by Crippen LogP contribution is -1.88. The molecule has 0 unspecified atom stereocenters. The standard InChI is InChI=1S/C11H11NOS3/c1-13-9-5-3-8(4-6-9)10-7-15-11(14-2)12-16-10/h3-7H,1-2H3. The van der Waals surface area contributed by atoms with Crippen molar-refractivity contribution in [2.24, 2.45) is 4.40 Å². The summed E-state index contributed by atoms with van der Waals surface area (Å²) in [6.07, 6.45) is 2.04. The largest absolute Gasteiger partial charge is 0.497 e. The van der Waals surface area contributed by atoms with Crippen LogP contribution in [-0.4, -0.2) is 17.7 Å². The van der Waals surface area contributed by atoms with Gasteiger partial charge in [-0.25, -0.2) is 0 Å². The van der Waals surface area contributed by atoms with Crippen LogP contribution in [0.15, 0.2) is 34.1 Å². The Morgan fingerprint density at radius 2 is 2.00 bits per heavy atom. The lowest BCUT2D eigenvalue weighted by molar-refractivity contribution is 0.415. The number of ether oxygens (including phenoxy) is 1. The molecule has 0 amide bonds. The number of thioether (sulfide) groups is 2. The Morgan fingerprint density at radius 1 is 1.25 bits per heavy atom. The number of rotatable bonds is 2. The van der Waals surface area contributed by atoms with Gasteiger partial charge in [0.1, 0.15) is 10.1 Å². The first-order chi connectivity index (χ1) is 7.83. The molecule has 0 atom stereocenters. The monoisotopic (exact) mass is 269 g/mol. The lowest BCUT2D eigenvalue weighted by atomic mass is 10.2. The zero-order valence-electron chi connectivity index (χ0n) is 8.97. The molecule has 1 aromatic carbocycles. The fraction of sp³-hybridized carbons (Fsp3) is 0.182. The van der Waals surface area contributed by atoms with Crippen molar-refractivity contribution in [1.29, 1.82) is 0 Å². The van der Waals surface area contributed by atoms with Crippen LogP contribution in [0.25, 0.3) is 4.91 Å². The molecule has 1 heterocycles. The van der Waals surface area contributed by atoms with Gasteiger partial charge in [0.15, 0.2) is 0 Å². The maximum Gasteiger partial charge on any atom is 0.142 e. The topological polar surface area (TPSA) is 21.6 Å². The summed E-state index contributed by atoms with van der Waals surface area (Å²) in [5, 5.41) is 2.14. The third-order valence-electron chi connectivity index (χ3n) is 2.03. The minimum Gasteiger partial charge on any atom is -0.497 e. The van der Waals surface area contributed by atoms with Crippen LogP contribution < -0.4 is 4.74 Å². The van der Waals surface area contributed by atoms with Gasteiger partial charge in [0.2, 0.25) is 0 Å². The van der Waals surface area contributed by atoms with E-state index in [1.54, 1.807) is 30.6 Å². The molecule has 0 radical (unpaired) electrons. The smallest absolute Gasteiger partial charge is 0.142 e. The van der Waals surface area contributed by atoms with Gasteiger partial charge in [0, 0.05) is 16.9 Å². The molecular weight excluding hydrogens is 258 g/mol. The summed E-state index contributed by atoms with van der Waals surface area (Å²) in [5.74, 6) is 0.881. The summed E-state index contributed by atoms with van der Waals surface area (Å²) >= 11 is 4.88. The first-order valence-electron chi connectivity index (χ1n) is 4.63. The van der Waals surface area contributed by atoms with E-state index in [2.05, 4.69) is 21.9 Å². The second kappa shape index (κ2) is 5.70. The molecule has 2 nitrogen and oxygen atoms in total. The molecule has 16 heavy (non-hydrogen) atoms. The van der Waals surface area contributed by atoms with E-state index in [4.69, 9.17) is 4.74 Å². The van der Waals surface area contributed by atoms with E-state index in [0.717, 1.165) is 10.1 Å². The zero-order valence-corrected chi connectivity index (χ0v) is 11.4. The minimum absolute atomic E-state index is 0.881. The molecule has 0 aliphatic carbocycles. The molecule has 1 aromatic rings. The zero-order chi connectivity index (χ0) is 11.4. The highest BCUT2D eigenvalue weighted by Gasteiger charge is 2.09. The molecule has 84 valence electrons. The summed E-state index contributed by atoms with van der Waals surface area (Å²) in [7, 11) is 1.68. The number of nitrogens with zero attached hydrogens (tertiary/aromatic N) is 1. The molecule has 0 bridgehead atoms. The Bertz CT molecular complexity index is 425. The van der Waals surface area contributed by atoms with Gasteiger partial charge in [-0.15, -0.1) is 11.8 Å². The van der Waals surface area contributed by atoms with E-state index in [-0.39, 0.29) is 0 Å². The van der Waals surface area contributed by atoms with Gasteiger partial charge in [-0.2, -0.15) is 4.40 Å². The molecule has 0 aromatic heterocycles. The van der Waals surface area contributed by atoms with Crippen LogP contribution in [0.2, 0.25) is 0 Å². The fourth-order valence-electron chi connectivity index (χ4n) is 1.19. The van der Waals surface area contributed by atoms with Crippen molar-refractivity contribution in [1.82, 2.24) is 0 Å². The summed E-state index contributed by atoms with van der Waals surface area (Å²) < 4.78 is 10.6. The van der Waals surface area contributed by atoms with Crippen LogP contribution >= 0.6 is 35.5 Å². The number of hydrogen-bond donors (Lipinski definition) is 0. The van der Waals surface area contributed by atoms with Crippen LogP contribution in [0.4, 0.5) is 0 Å². The number of methoxy groups -OCH3 is 1. The van der Waals surface area contributed by atoms with E-state index in [1.165, 1.54) is 22.4 Å². The summed E-state index contributed by atoms with van der Waals surface area (Å²) in [4.78, 5) is 1.19. The minimum atomic E-state index is 0.881. The highest BCUT2D eigenvalue weighted by Crippen LogP contribution is 2.38. The first-order valence-corrected chi connectivity index (χ1v) is 7.51. The van der Waals surface area contributed by atoms with Crippen LogP contribution in [0.5, 0.6) is 5.75 Å². The second-order valence-electron chi connectivity index (χ2n) is 2.98. The molecule has 0 saturated heterocycles. The third kappa shape index (κ3) is 2.78. The van der Waals surface area contributed by atoms with Gasteiger partial charge in [-0.05, 0) is 29.4 Å². The Hall–Kier alpha value is -0.520. The maximum absolute atomic E-state index is 5.13. The average molecular weight is 269 g/mol. The van der Waals surface area contributed by atoms with E-state index < -0.39 is 0 Å². The summed E-state index contributed by atoms with van der Waals surface area (Å²) in [5.41, 5.74) is 1.18. The Morgan fingerprint density at radius 3 is 2.50 bits per heavy atom. The molecular formula is C11H11NOS3. The van der Waals surface area contributed by atoms with E-state index in [9.17, 15) is 0 Å².